The van der Waals surface area contributed by atoms with E-state index in [9.17, 15) is 8.78 Å². The van der Waals surface area contributed by atoms with E-state index in [1.165, 1.54) is 6.07 Å². The molecule has 0 atom stereocenters. The third kappa shape index (κ3) is 3.67. The van der Waals surface area contributed by atoms with Crippen molar-refractivity contribution in [3.8, 4) is 0 Å². The fraction of sp³-hybridized carbons (Fsp3) is 0.333. The lowest BCUT2D eigenvalue weighted by Gasteiger charge is -2.10. The summed E-state index contributed by atoms with van der Waals surface area (Å²) in [5.41, 5.74) is 0.621. The van der Waals surface area contributed by atoms with Gasteiger partial charge < -0.3 is 5.32 Å². The van der Waals surface area contributed by atoms with E-state index in [2.05, 4.69) is 15.3 Å². The number of rotatable bonds is 5. The first kappa shape index (κ1) is 15.6. The Morgan fingerprint density at radius 2 is 1.95 bits per heavy atom. The van der Waals surface area contributed by atoms with Gasteiger partial charge in [0.2, 0.25) is 0 Å². The normalized spacial score (nSPS) is 10.7. The molecule has 2 rings (SSSR count). The molecule has 0 unspecified atom stereocenters. The van der Waals surface area contributed by atoms with E-state index in [1.807, 2.05) is 6.92 Å². The topological polar surface area (TPSA) is 37.8 Å². The number of anilines is 1. The van der Waals surface area contributed by atoms with Crippen LogP contribution in [0.1, 0.15) is 30.4 Å². The smallest absolute Gasteiger partial charge is 0.186 e. The van der Waals surface area contributed by atoms with Gasteiger partial charge in [-0.1, -0.05) is 30.7 Å². The summed E-state index contributed by atoms with van der Waals surface area (Å²) in [6, 6.07) is 4.75. The molecule has 3 nitrogen and oxygen atoms in total. The van der Waals surface area contributed by atoms with Gasteiger partial charge in [-0.2, -0.15) is 0 Å². The number of benzene rings is 1. The van der Waals surface area contributed by atoms with E-state index in [0.29, 0.717) is 17.9 Å². The summed E-state index contributed by atoms with van der Waals surface area (Å²) in [5.74, 6) is -0.456. The van der Waals surface area contributed by atoms with Crippen molar-refractivity contribution in [1.29, 1.82) is 0 Å². The summed E-state index contributed by atoms with van der Waals surface area (Å²) in [7, 11) is 0. The lowest BCUT2D eigenvalue weighted by molar-refractivity contribution is 0.596. The molecule has 0 aliphatic rings. The lowest BCUT2D eigenvalue weighted by Crippen LogP contribution is -2.10. The number of nitrogens with one attached hydrogen (secondary N) is 1. The number of aromatic nitrogens is 2. The molecule has 0 fully saturated rings. The van der Waals surface area contributed by atoms with Gasteiger partial charge in [-0.15, -0.1) is 0 Å². The van der Waals surface area contributed by atoms with Crippen LogP contribution in [0.3, 0.4) is 0 Å². The van der Waals surface area contributed by atoms with Crippen molar-refractivity contribution in [3.05, 3.63) is 51.9 Å². The SMILES string of the molecule is CCCNc1nc(Cc2cccc(Cl)c2F)nc(C)c1F. The average Bonchev–Trinajstić information content (AvgIpc) is 2.46. The quantitative estimate of drug-likeness (QED) is 0.902. The van der Waals surface area contributed by atoms with Crippen molar-refractivity contribution in [1.82, 2.24) is 9.97 Å². The summed E-state index contributed by atoms with van der Waals surface area (Å²) in [4.78, 5) is 8.20. The highest BCUT2D eigenvalue weighted by Crippen LogP contribution is 2.21. The fourth-order valence-electron chi connectivity index (χ4n) is 1.91. The number of hydrogen-bond acceptors (Lipinski definition) is 3. The highest BCUT2D eigenvalue weighted by Gasteiger charge is 2.13. The van der Waals surface area contributed by atoms with E-state index < -0.39 is 11.6 Å². The molecule has 2 aromatic rings. The summed E-state index contributed by atoms with van der Waals surface area (Å²) in [6.07, 6.45) is 1.01. The van der Waals surface area contributed by atoms with Crippen molar-refractivity contribution in [2.75, 3.05) is 11.9 Å². The molecule has 112 valence electrons. The van der Waals surface area contributed by atoms with Gasteiger partial charge in [-0.05, 0) is 25.0 Å². The fourth-order valence-corrected chi connectivity index (χ4v) is 2.11. The molecular weight excluding hydrogens is 296 g/mol. The van der Waals surface area contributed by atoms with Gasteiger partial charge in [0.15, 0.2) is 11.6 Å². The Hall–Kier alpha value is -1.75. The second kappa shape index (κ2) is 6.80. The van der Waals surface area contributed by atoms with Crippen molar-refractivity contribution in [2.24, 2.45) is 0 Å². The molecule has 0 aliphatic carbocycles. The Bertz CT molecular complexity index is 647. The summed E-state index contributed by atoms with van der Waals surface area (Å²) in [6.45, 7) is 4.14. The van der Waals surface area contributed by atoms with Gasteiger partial charge in [0.25, 0.3) is 0 Å². The van der Waals surface area contributed by atoms with Crippen LogP contribution in [0.15, 0.2) is 18.2 Å². The van der Waals surface area contributed by atoms with Crippen molar-refractivity contribution in [2.45, 2.75) is 26.7 Å². The molecule has 0 spiro atoms. The third-order valence-corrected chi connectivity index (χ3v) is 3.28. The predicted molar refractivity (Wildman–Crippen MR) is 79.7 cm³/mol. The molecule has 0 radical (unpaired) electrons. The maximum atomic E-state index is 13.9. The van der Waals surface area contributed by atoms with Crippen LogP contribution in [0.4, 0.5) is 14.6 Å². The minimum absolute atomic E-state index is 0.0515. The maximum absolute atomic E-state index is 13.9. The van der Waals surface area contributed by atoms with Gasteiger partial charge in [-0.3, -0.25) is 0 Å². The lowest BCUT2D eigenvalue weighted by atomic mass is 10.1. The van der Waals surface area contributed by atoms with Gasteiger partial charge in [-0.25, -0.2) is 18.7 Å². The van der Waals surface area contributed by atoms with Crippen molar-refractivity contribution in [3.63, 3.8) is 0 Å². The maximum Gasteiger partial charge on any atom is 0.186 e. The van der Waals surface area contributed by atoms with E-state index in [0.717, 1.165) is 6.42 Å². The van der Waals surface area contributed by atoms with Crippen molar-refractivity contribution < 1.29 is 8.78 Å². The van der Waals surface area contributed by atoms with Crippen molar-refractivity contribution >= 4 is 17.4 Å². The highest BCUT2D eigenvalue weighted by atomic mass is 35.5. The largest absolute Gasteiger partial charge is 0.368 e. The number of hydrogen-bond donors (Lipinski definition) is 1. The van der Waals surface area contributed by atoms with Gasteiger partial charge in [0, 0.05) is 13.0 Å². The van der Waals surface area contributed by atoms with Crippen LogP contribution in [0.5, 0.6) is 0 Å². The van der Waals surface area contributed by atoms with Crippen LogP contribution >= 0.6 is 11.6 Å². The molecule has 1 aromatic carbocycles. The molecule has 0 saturated heterocycles. The Labute approximate surface area is 127 Å². The number of nitrogens with zero attached hydrogens (tertiary/aromatic N) is 2. The first-order chi connectivity index (χ1) is 10.0. The molecule has 0 bridgehead atoms. The van der Waals surface area contributed by atoms with Crippen LogP contribution in [0, 0.1) is 18.6 Å². The van der Waals surface area contributed by atoms with E-state index in [1.54, 1.807) is 19.1 Å². The van der Waals surface area contributed by atoms with Crippen LogP contribution in [0.2, 0.25) is 5.02 Å². The first-order valence-electron chi connectivity index (χ1n) is 6.72. The Balaban J connectivity index is 2.31. The van der Waals surface area contributed by atoms with Crippen LogP contribution in [0.25, 0.3) is 0 Å². The summed E-state index contributed by atoms with van der Waals surface area (Å²) >= 11 is 5.75. The summed E-state index contributed by atoms with van der Waals surface area (Å²) in [5, 5.41) is 2.96. The Morgan fingerprint density at radius 1 is 1.19 bits per heavy atom. The van der Waals surface area contributed by atoms with E-state index in [-0.39, 0.29) is 23.0 Å². The highest BCUT2D eigenvalue weighted by molar-refractivity contribution is 6.30. The van der Waals surface area contributed by atoms with Crippen LogP contribution < -0.4 is 5.32 Å². The minimum Gasteiger partial charge on any atom is -0.368 e. The Kier molecular flexibility index (Phi) is 5.07. The second-order valence-electron chi connectivity index (χ2n) is 4.70. The Morgan fingerprint density at radius 3 is 2.67 bits per heavy atom. The predicted octanol–water partition coefficient (Wildman–Crippen LogP) is 4.13. The zero-order valence-corrected chi connectivity index (χ0v) is 12.6. The number of halogens is 3. The monoisotopic (exact) mass is 311 g/mol. The van der Waals surface area contributed by atoms with E-state index in [4.69, 9.17) is 11.6 Å². The van der Waals surface area contributed by atoms with Gasteiger partial charge >= 0.3 is 0 Å². The van der Waals surface area contributed by atoms with Gasteiger partial charge in [0.1, 0.15) is 11.6 Å². The molecule has 0 aliphatic heterocycles. The van der Waals surface area contributed by atoms with Crippen LogP contribution in [-0.2, 0) is 6.42 Å². The zero-order chi connectivity index (χ0) is 15.4. The third-order valence-electron chi connectivity index (χ3n) is 2.99. The zero-order valence-electron chi connectivity index (χ0n) is 11.9. The molecule has 6 heteroatoms. The first-order valence-corrected chi connectivity index (χ1v) is 7.10. The van der Waals surface area contributed by atoms with E-state index >= 15 is 0 Å². The minimum atomic E-state index is -0.493. The van der Waals surface area contributed by atoms with Gasteiger partial charge in [0.05, 0.1) is 10.7 Å². The standard InChI is InChI=1S/C15H16ClF2N3/c1-3-7-19-15-13(17)9(2)20-12(21-15)8-10-5-4-6-11(16)14(10)18/h4-6H,3,7-8H2,1-2H3,(H,19,20,21). The molecule has 1 N–H and O–H groups in total. The molecule has 1 aromatic heterocycles. The second-order valence-corrected chi connectivity index (χ2v) is 5.11. The average molecular weight is 312 g/mol. The van der Waals surface area contributed by atoms with Crippen LogP contribution in [-0.4, -0.2) is 16.5 Å². The molecule has 21 heavy (non-hydrogen) atoms. The molecule has 0 saturated carbocycles. The number of aryl methyl sites for hydroxylation is 1. The molecule has 0 amide bonds. The molecular formula is C15H16ClF2N3. The molecule has 1 heterocycles. The summed E-state index contributed by atoms with van der Waals surface area (Å²) < 4.78 is 27.8.